The van der Waals surface area contributed by atoms with Crippen molar-refractivity contribution in [3.8, 4) is 0 Å². The molecule has 3 heteroatoms. The number of hydrogen-bond acceptors (Lipinski definition) is 2. The number of rotatable bonds is 3. The van der Waals surface area contributed by atoms with Crippen LogP contribution in [-0.2, 0) is 4.79 Å². The highest BCUT2D eigenvalue weighted by molar-refractivity contribution is 6.09. The molecule has 0 spiro atoms. The summed E-state index contributed by atoms with van der Waals surface area (Å²) in [4.78, 5) is 22.3. The van der Waals surface area contributed by atoms with E-state index >= 15 is 0 Å². The summed E-state index contributed by atoms with van der Waals surface area (Å²) in [5.41, 5.74) is 4.52. The summed E-state index contributed by atoms with van der Waals surface area (Å²) in [6.45, 7) is 7.64. The Balaban J connectivity index is 3.31. The van der Waals surface area contributed by atoms with E-state index in [1.165, 1.54) is 0 Å². The first kappa shape index (κ1) is 13.2. The van der Waals surface area contributed by atoms with Gasteiger partial charge in [-0.15, -0.1) is 0 Å². The second-order valence-corrected chi connectivity index (χ2v) is 4.17. The summed E-state index contributed by atoms with van der Waals surface area (Å²) in [5, 5.41) is 8.52. The fourth-order valence-electron chi connectivity index (χ4n) is 1.82. The minimum absolute atomic E-state index is 0.255. The quantitative estimate of drug-likeness (QED) is 0.644. The van der Waals surface area contributed by atoms with Crippen molar-refractivity contribution in [3.05, 3.63) is 46.0 Å². The van der Waals surface area contributed by atoms with Crippen LogP contribution in [0.1, 0.15) is 32.6 Å². The highest BCUT2D eigenvalue weighted by Crippen LogP contribution is 2.22. The van der Waals surface area contributed by atoms with E-state index in [1.54, 1.807) is 0 Å². The van der Waals surface area contributed by atoms with Crippen molar-refractivity contribution in [3.63, 3.8) is 0 Å². The van der Waals surface area contributed by atoms with E-state index in [-0.39, 0.29) is 5.78 Å². The first-order chi connectivity index (χ1) is 7.84. The van der Waals surface area contributed by atoms with Crippen LogP contribution in [0.15, 0.2) is 18.2 Å². The molecule has 0 aliphatic rings. The first-order valence-corrected chi connectivity index (χ1v) is 5.37. The molecule has 17 heavy (non-hydrogen) atoms. The Morgan fingerprint density at radius 3 is 1.88 bits per heavy atom. The number of allylic oxidation sites excluding steroid dienone is 1. The number of carboxylic acids is 1. The minimum atomic E-state index is -1.11. The first-order valence-electron chi connectivity index (χ1n) is 5.37. The Labute approximate surface area is 101 Å². The Bertz CT molecular complexity index is 484. The van der Waals surface area contributed by atoms with Gasteiger partial charge in [0.2, 0.25) is 0 Å². The van der Waals surface area contributed by atoms with E-state index in [9.17, 15) is 9.59 Å². The third-order valence-corrected chi connectivity index (χ3v) is 2.99. The summed E-state index contributed by atoms with van der Waals surface area (Å²) in [5.74, 6) is -1.37. The number of carbonyl (C=O) groups is 2. The van der Waals surface area contributed by atoms with Gasteiger partial charge in [-0.05, 0) is 56.0 Å². The van der Waals surface area contributed by atoms with Crippen molar-refractivity contribution in [2.45, 2.75) is 27.7 Å². The van der Waals surface area contributed by atoms with Crippen LogP contribution >= 0.6 is 0 Å². The molecule has 0 heterocycles. The summed E-state index contributed by atoms with van der Waals surface area (Å²) in [6, 6.07) is 2.03. The monoisotopic (exact) mass is 232 g/mol. The number of carboxylic acid groups (broad SMARTS) is 1. The molecule has 0 aromatic heterocycles. The number of hydrogen-bond donors (Lipinski definition) is 1. The van der Waals surface area contributed by atoms with E-state index in [1.807, 2.05) is 33.8 Å². The Morgan fingerprint density at radius 2 is 1.47 bits per heavy atom. The minimum Gasteiger partial charge on any atom is -0.478 e. The lowest BCUT2D eigenvalue weighted by Gasteiger charge is -2.12. The number of ketones is 1. The number of aliphatic carboxylic acids is 1. The molecule has 0 radical (unpaired) electrons. The fraction of sp³-hybridized carbons (Fsp3) is 0.286. The van der Waals surface area contributed by atoms with Crippen LogP contribution < -0.4 is 0 Å². The molecule has 1 rings (SSSR count). The molecule has 1 aromatic carbocycles. The van der Waals surface area contributed by atoms with Crippen molar-refractivity contribution in [2.75, 3.05) is 0 Å². The molecule has 90 valence electrons. The number of benzene rings is 1. The second-order valence-electron chi connectivity index (χ2n) is 4.17. The number of carbonyl (C=O) groups excluding carboxylic acids is 1. The van der Waals surface area contributed by atoms with Gasteiger partial charge in [0.05, 0.1) is 0 Å². The summed E-state index contributed by atoms with van der Waals surface area (Å²) in [6.07, 6.45) is 1.98. The average molecular weight is 232 g/mol. The number of aryl methyl sites for hydroxylation is 2. The van der Waals surface area contributed by atoms with Gasteiger partial charge >= 0.3 is 5.97 Å². The van der Waals surface area contributed by atoms with Crippen LogP contribution in [0.2, 0.25) is 0 Å². The average Bonchev–Trinajstić information content (AvgIpc) is 2.24. The highest BCUT2D eigenvalue weighted by atomic mass is 16.4. The molecule has 0 saturated heterocycles. The van der Waals surface area contributed by atoms with Crippen LogP contribution in [0.5, 0.6) is 0 Å². The molecule has 3 nitrogen and oxygen atoms in total. The maximum atomic E-state index is 11.9. The topological polar surface area (TPSA) is 54.4 Å². The molecule has 1 N–H and O–H groups in total. The predicted molar refractivity (Wildman–Crippen MR) is 66.5 cm³/mol. The lowest BCUT2D eigenvalue weighted by molar-refractivity contribution is -0.131. The molecule has 0 atom stereocenters. The van der Waals surface area contributed by atoms with Gasteiger partial charge in [0.15, 0.2) is 5.78 Å². The lowest BCUT2D eigenvalue weighted by Crippen LogP contribution is -2.06. The molecule has 0 aliphatic carbocycles. The molecule has 0 bridgehead atoms. The van der Waals surface area contributed by atoms with Crippen molar-refractivity contribution in [1.82, 2.24) is 0 Å². The van der Waals surface area contributed by atoms with Gasteiger partial charge in [0.1, 0.15) is 0 Å². The second kappa shape index (κ2) is 4.95. The molecule has 0 fully saturated rings. The Kier molecular flexibility index (Phi) is 3.84. The fourth-order valence-corrected chi connectivity index (χ4v) is 1.82. The summed E-state index contributed by atoms with van der Waals surface area (Å²) < 4.78 is 0. The van der Waals surface area contributed by atoms with E-state index < -0.39 is 5.97 Å². The van der Waals surface area contributed by atoms with Gasteiger partial charge in [-0.3, -0.25) is 4.79 Å². The normalized spacial score (nSPS) is 10.8. The Morgan fingerprint density at radius 1 is 1.00 bits per heavy atom. The van der Waals surface area contributed by atoms with Crippen molar-refractivity contribution >= 4 is 11.8 Å². The molecular formula is C14H16O3. The van der Waals surface area contributed by atoms with Crippen LogP contribution in [0.25, 0.3) is 0 Å². The van der Waals surface area contributed by atoms with E-state index in [2.05, 4.69) is 0 Å². The van der Waals surface area contributed by atoms with Crippen molar-refractivity contribution in [1.29, 1.82) is 0 Å². The Hall–Kier alpha value is -1.90. The van der Waals surface area contributed by atoms with Gasteiger partial charge in [0, 0.05) is 11.6 Å². The third-order valence-electron chi connectivity index (χ3n) is 2.99. The predicted octanol–water partition coefficient (Wildman–Crippen LogP) is 2.74. The van der Waals surface area contributed by atoms with Crippen LogP contribution in [0.4, 0.5) is 0 Å². The lowest BCUT2D eigenvalue weighted by atomic mass is 9.91. The maximum Gasteiger partial charge on any atom is 0.328 e. The highest BCUT2D eigenvalue weighted by Gasteiger charge is 2.13. The van der Waals surface area contributed by atoms with Crippen LogP contribution in [-0.4, -0.2) is 16.9 Å². The molecule has 0 unspecified atom stereocenters. The van der Waals surface area contributed by atoms with Crippen molar-refractivity contribution in [2.24, 2.45) is 0 Å². The third kappa shape index (κ3) is 2.81. The SMILES string of the molecule is Cc1cc(C)c(C)c(C(=O)/C=C/C(=O)O)c1C. The molecule has 0 saturated carbocycles. The standard InChI is InChI=1S/C14H16O3/c1-8-7-9(2)11(4)14(10(8)3)12(15)5-6-13(16)17/h5-7H,1-4H3,(H,16,17)/b6-5+. The summed E-state index contributed by atoms with van der Waals surface area (Å²) in [7, 11) is 0. The van der Waals surface area contributed by atoms with Gasteiger partial charge in [-0.2, -0.15) is 0 Å². The van der Waals surface area contributed by atoms with Crippen molar-refractivity contribution < 1.29 is 14.7 Å². The van der Waals surface area contributed by atoms with Gasteiger partial charge in [-0.25, -0.2) is 4.79 Å². The van der Waals surface area contributed by atoms with E-state index in [4.69, 9.17) is 5.11 Å². The van der Waals surface area contributed by atoms with Gasteiger partial charge in [0.25, 0.3) is 0 Å². The van der Waals surface area contributed by atoms with Gasteiger partial charge < -0.3 is 5.11 Å². The maximum absolute atomic E-state index is 11.9. The van der Waals surface area contributed by atoms with E-state index in [0.29, 0.717) is 5.56 Å². The zero-order chi connectivity index (χ0) is 13.2. The largest absolute Gasteiger partial charge is 0.478 e. The zero-order valence-electron chi connectivity index (χ0n) is 10.5. The van der Waals surface area contributed by atoms with Gasteiger partial charge in [-0.1, -0.05) is 6.07 Å². The molecular weight excluding hydrogens is 216 g/mol. The zero-order valence-corrected chi connectivity index (χ0v) is 10.5. The smallest absolute Gasteiger partial charge is 0.328 e. The van der Waals surface area contributed by atoms with Crippen LogP contribution in [0, 0.1) is 27.7 Å². The molecule has 0 aliphatic heterocycles. The molecule has 0 amide bonds. The summed E-state index contributed by atoms with van der Waals surface area (Å²) >= 11 is 0. The molecule has 1 aromatic rings. The van der Waals surface area contributed by atoms with Crippen LogP contribution in [0.3, 0.4) is 0 Å². The van der Waals surface area contributed by atoms with E-state index in [0.717, 1.165) is 34.4 Å².